The predicted molar refractivity (Wildman–Crippen MR) is 107 cm³/mol. The SMILES string of the molecule is C[C@H]1CS(=O)(=O)N(c2ccc(C(=O)N3CCN(c4ncccn4)CC3)cc2)C1=O. The van der Waals surface area contributed by atoms with E-state index in [1.807, 2.05) is 4.90 Å². The maximum Gasteiger partial charge on any atom is 0.253 e. The van der Waals surface area contributed by atoms with Gasteiger partial charge < -0.3 is 9.80 Å². The van der Waals surface area contributed by atoms with Crippen LogP contribution in [0.1, 0.15) is 17.3 Å². The number of sulfonamides is 1. The summed E-state index contributed by atoms with van der Waals surface area (Å²) in [4.78, 5) is 37.2. The van der Waals surface area contributed by atoms with Gasteiger partial charge in [-0.2, -0.15) is 0 Å². The van der Waals surface area contributed by atoms with E-state index >= 15 is 0 Å². The number of piperazine rings is 1. The number of nitrogens with zero attached hydrogens (tertiary/aromatic N) is 5. The van der Waals surface area contributed by atoms with Crippen LogP contribution in [-0.2, 0) is 14.8 Å². The van der Waals surface area contributed by atoms with E-state index < -0.39 is 21.8 Å². The average molecular weight is 415 g/mol. The van der Waals surface area contributed by atoms with Gasteiger partial charge in [-0.05, 0) is 30.3 Å². The molecule has 0 radical (unpaired) electrons. The third kappa shape index (κ3) is 3.67. The van der Waals surface area contributed by atoms with Crippen molar-refractivity contribution in [2.45, 2.75) is 6.92 Å². The van der Waals surface area contributed by atoms with E-state index in [1.54, 1.807) is 42.4 Å². The van der Waals surface area contributed by atoms with Crippen molar-refractivity contribution in [3.63, 3.8) is 0 Å². The number of carbonyl (C=O) groups excluding carboxylic acids is 2. The first kappa shape index (κ1) is 19.3. The van der Waals surface area contributed by atoms with Crippen LogP contribution in [0.15, 0.2) is 42.7 Å². The maximum absolute atomic E-state index is 12.8. The fourth-order valence-corrected chi connectivity index (χ4v) is 5.39. The van der Waals surface area contributed by atoms with Gasteiger partial charge in [0.05, 0.1) is 17.4 Å². The molecular weight excluding hydrogens is 394 g/mol. The summed E-state index contributed by atoms with van der Waals surface area (Å²) in [5.74, 6) is -0.680. The normalized spacial score (nSPS) is 21.5. The first-order valence-corrected chi connectivity index (χ1v) is 11.0. The molecule has 9 nitrogen and oxygen atoms in total. The van der Waals surface area contributed by atoms with Gasteiger partial charge >= 0.3 is 0 Å². The van der Waals surface area contributed by atoms with Crippen LogP contribution in [0, 0.1) is 5.92 Å². The number of rotatable bonds is 3. The third-order valence-electron chi connectivity index (χ3n) is 5.11. The molecule has 29 heavy (non-hydrogen) atoms. The quantitative estimate of drug-likeness (QED) is 0.729. The van der Waals surface area contributed by atoms with Gasteiger partial charge in [-0.25, -0.2) is 22.7 Å². The number of aromatic nitrogens is 2. The van der Waals surface area contributed by atoms with Crippen LogP contribution in [-0.4, -0.2) is 67.0 Å². The summed E-state index contributed by atoms with van der Waals surface area (Å²) in [6.07, 6.45) is 3.38. The lowest BCUT2D eigenvalue weighted by Gasteiger charge is -2.34. The van der Waals surface area contributed by atoms with Crippen molar-refractivity contribution >= 4 is 33.5 Å². The lowest BCUT2D eigenvalue weighted by atomic mass is 10.1. The van der Waals surface area contributed by atoms with Crippen LogP contribution in [0.3, 0.4) is 0 Å². The molecule has 10 heteroatoms. The molecule has 0 aliphatic carbocycles. The van der Waals surface area contributed by atoms with E-state index in [9.17, 15) is 18.0 Å². The predicted octanol–water partition coefficient (Wildman–Crippen LogP) is 0.751. The minimum absolute atomic E-state index is 0.130. The van der Waals surface area contributed by atoms with Crippen LogP contribution in [0.5, 0.6) is 0 Å². The van der Waals surface area contributed by atoms with Gasteiger partial charge in [0.1, 0.15) is 0 Å². The molecule has 1 aromatic heterocycles. The van der Waals surface area contributed by atoms with Gasteiger partial charge in [-0.3, -0.25) is 9.59 Å². The standard InChI is InChI=1S/C19H21N5O4S/c1-14-13-29(27,28)24(17(14)25)16-5-3-15(4-6-16)18(26)22-9-11-23(12-10-22)19-20-7-2-8-21-19/h2-8,14H,9-13H2,1H3/t14-/m0/s1. The van der Waals surface area contributed by atoms with Gasteiger partial charge in [0.2, 0.25) is 21.9 Å². The Morgan fingerprint density at radius 2 is 1.66 bits per heavy atom. The maximum atomic E-state index is 12.8. The van der Waals surface area contributed by atoms with Crippen molar-refractivity contribution in [2.75, 3.05) is 41.1 Å². The number of anilines is 2. The molecule has 0 N–H and O–H groups in total. The van der Waals surface area contributed by atoms with Gasteiger partial charge in [-0.1, -0.05) is 6.92 Å². The highest BCUT2D eigenvalue weighted by Crippen LogP contribution is 2.28. The number of amides is 2. The molecular formula is C19H21N5O4S. The zero-order valence-electron chi connectivity index (χ0n) is 15.9. The second kappa shape index (κ2) is 7.43. The Kier molecular flexibility index (Phi) is 4.95. The minimum atomic E-state index is -3.65. The number of benzene rings is 1. The Bertz CT molecular complexity index is 1020. The number of carbonyl (C=O) groups is 2. The summed E-state index contributed by atoms with van der Waals surface area (Å²) >= 11 is 0. The largest absolute Gasteiger partial charge is 0.337 e. The first-order chi connectivity index (χ1) is 13.9. The molecule has 2 aliphatic rings. The van der Waals surface area contributed by atoms with Crippen LogP contribution in [0.2, 0.25) is 0 Å². The van der Waals surface area contributed by atoms with Gasteiger partial charge in [0.15, 0.2) is 0 Å². The Morgan fingerprint density at radius 1 is 1.03 bits per heavy atom. The summed E-state index contributed by atoms with van der Waals surface area (Å²) in [6, 6.07) is 7.91. The van der Waals surface area contributed by atoms with Gasteiger partial charge in [0, 0.05) is 44.1 Å². The van der Waals surface area contributed by atoms with Crippen molar-refractivity contribution in [3.05, 3.63) is 48.3 Å². The smallest absolute Gasteiger partial charge is 0.253 e. The van der Waals surface area contributed by atoms with Crippen molar-refractivity contribution < 1.29 is 18.0 Å². The Hall–Kier alpha value is -3.01. The van der Waals surface area contributed by atoms with E-state index in [1.165, 1.54) is 12.1 Å². The molecule has 4 rings (SSSR count). The minimum Gasteiger partial charge on any atom is -0.337 e. The summed E-state index contributed by atoms with van der Waals surface area (Å²) in [7, 11) is -3.65. The molecule has 2 fully saturated rings. The zero-order valence-corrected chi connectivity index (χ0v) is 16.7. The summed E-state index contributed by atoms with van der Waals surface area (Å²) in [6.45, 7) is 3.93. The second-order valence-electron chi connectivity index (χ2n) is 7.16. The van der Waals surface area contributed by atoms with Crippen LogP contribution in [0.4, 0.5) is 11.6 Å². The molecule has 3 heterocycles. The van der Waals surface area contributed by atoms with Crippen LogP contribution >= 0.6 is 0 Å². The Labute approximate surface area is 169 Å². The highest BCUT2D eigenvalue weighted by atomic mass is 32.2. The molecule has 2 saturated heterocycles. The molecule has 1 aromatic carbocycles. The van der Waals surface area contributed by atoms with E-state index in [0.717, 1.165) is 4.31 Å². The molecule has 152 valence electrons. The van der Waals surface area contributed by atoms with Crippen molar-refractivity contribution in [1.29, 1.82) is 0 Å². The molecule has 0 unspecified atom stereocenters. The fourth-order valence-electron chi connectivity index (χ4n) is 3.57. The lowest BCUT2D eigenvalue weighted by molar-refractivity contribution is -0.119. The number of hydrogen-bond donors (Lipinski definition) is 0. The molecule has 0 spiro atoms. The zero-order chi connectivity index (χ0) is 20.6. The molecule has 0 bridgehead atoms. The Morgan fingerprint density at radius 3 is 2.21 bits per heavy atom. The molecule has 2 aromatic rings. The monoisotopic (exact) mass is 415 g/mol. The van der Waals surface area contributed by atoms with E-state index in [-0.39, 0.29) is 17.3 Å². The molecule has 2 amide bonds. The van der Waals surface area contributed by atoms with Gasteiger partial charge in [-0.15, -0.1) is 0 Å². The van der Waals surface area contributed by atoms with Crippen molar-refractivity contribution in [3.8, 4) is 0 Å². The first-order valence-electron chi connectivity index (χ1n) is 9.35. The summed E-state index contributed by atoms with van der Waals surface area (Å²) < 4.78 is 25.3. The summed E-state index contributed by atoms with van der Waals surface area (Å²) in [5, 5.41) is 0. The fraction of sp³-hybridized carbons (Fsp3) is 0.368. The average Bonchev–Trinajstić information content (AvgIpc) is 2.95. The third-order valence-corrected chi connectivity index (χ3v) is 6.98. The van der Waals surface area contributed by atoms with Crippen LogP contribution < -0.4 is 9.21 Å². The van der Waals surface area contributed by atoms with Crippen molar-refractivity contribution in [1.82, 2.24) is 14.9 Å². The molecule has 1 atom stereocenters. The number of hydrogen-bond acceptors (Lipinski definition) is 7. The van der Waals surface area contributed by atoms with Crippen LogP contribution in [0.25, 0.3) is 0 Å². The van der Waals surface area contributed by atoms with E-state index in [2.05, 4.69) is 9.97 Å². The molecule has 2 aliphatic heterocycles. The lowest BCUT2D eigenvalue weighted by Crippen LogP contribution is -2.49. The molecule has 0 saturated carbocycles. The highest BCUT2D eigenvalue weighted by Gasteiger charge is 2.42. The van der Waals surface area contributed by atoms with Crippen molar-refractivity contribution in [2.24, 2.45) is 5.92 Å². The second-order valence-corrected chi connectivity index (χ2v) is 9.02. The highest BCUT2D eigenvalue weighted by molar-refractivity contribution is 7.94. The summed E-state index contributed by atoms with van der Waals surface area (Å²) in [5.41, 5.74) is 0.720. The van der Waals surface area contributed by atoms with Gasteiger partial charge in [0.25, 0.3) is 5.91 Å². The topological polar surface area (TPSA) is 104 Å². The van der Waals surface area contributed by atoms with E-state index in [0.29, 0.717) is 37.7 Å². The van der Waals surface area contributed by atoms with E-state index in [4.69, 9.17) is 0 Å². The Balaban J connectivity index is 1.43.